The molecule has 0 amide bonds. The van der Waals surface area contributed by atoms with Gasteiger partial charge in [-0.1, -0.05) is 65.8 Å². The van der Waals surface area contributed by atoms with Crippen molar-refractivity contribution in [3.8, 4) is 5.69 Å². The van der Waals surface area contributed by atoms with Crippen LogP contribution in [0.1, 0.15) is 5.56 Å². The molecule has 0 aliphatic carbocycles. The van der Waals surface area contributed by atoms with Crippen LogP contribution in [-0.4, -0.2) is 9.55 Å². The second kappa shape index (κ2) is 6.71. The molecule has 0 saturated heterocycles. The second-order valence-corrected chi connectivity index (χ2v) is 6.86. The van der Waals surface area contributed by atoms with E-state index in [-0.39, 0.29) is 0 Å². The summed E-state index contributed by atoms with van der Waals surface area (Å²) in [6, 6.07) is 22.8. The molecule has 24 heavy (non-hydrogen) atoms. The van der Waals surface area contributed by atoms with Gasteiger partial charge in [-0.2, -0.15) is 0 Å². The zero-order valence-electron chi connectivity index (χ0n) is 12.9. The van der Waals surface area contributed by atoms with E-state index in [0.717, 1.165) is 21.6 Å². The molecule has 0 saturated carbocycles. The van der Waals surface area contributed by atoms with E-state index >= 15 is 0 Å². The predicted molar refractivity (Wildman–Crippen MR) is 102 cm³/mol. The van der Waals surface area contributed by atoms with Crippen molar-refractivity contribution < 1.29 is 0 Å². The van der Waals surface area contributed by atoms with Crippen LogP contribution in [0.3, 0.4) is 0 Å². The average molecular weight is 351 g/mol. The molecule has 0 unspecified atom stereocenters. The van der Waals surface area contributed by atoms with E-state index in [9.17, 15) is 0 Å². The van der Waals surface area contributed by atoms with Crippen LogP contribution in [0.4, 0.5) is 0 Å². The number of aromatic nitrogens is 2. The lowest BCUT2D eigenvalue weighted by Crippen LogP contribution is -1.95. The number of imidazole rings is 1. The van der Waals surface area contributed by atoms with Crippen LogP contribution in [-0.2, 0) is 5.75 Å². The zero-order valence-corrected chi connectivity index (χ0v) is 14.5. The van der Waals surface area contributed by atoms with Gasteiger partial charge in [0.2, 0.25) is 0 Å². The highest BCUT2D eigenvalue weighted by Crippen LogP contribution is 2.28. The molecule has 0 atom stereocenters. The van der Waals surface area contributed by atoms with Gasteiger partial charge in [0.15, 0.2) is 5.16 Å². The predicted octanol–water partition coefficient (Wildman–Crippen LogP) is 5.97. The molecular weight excluding hydrogens is 336 g/mol. The lowest BCUT2D eigenvalue weighted by atomic mass is 10.1. The summed E-state index contributed by atoms with van der Waals surface area (Å²) in [6.45, 7) is 0. The van der Waals surface area contributed by atoms with Gasteiger partial charge in [0.1, 0.15) is 0 Å². The Bertz CT molecular complexity index is 971. The highest BCUT2D eigenvalue weighted by molar-refractivity contribution is 7.98. The summed E-state index contributed by atoms with van der Waals surface area (Å²) in [5.41, 5.74) is 2.39. The first kappa shape index (κ1) is 15.3. The minimum absolute atomic E-state index is 0.740. The highest BCUT2D eigenvalue weighted by Gasteiger charge is 2.08. The van der Waals surface area contributed by atoms with Gasteiger partial charge in [0.05, 0.1) is 0 Å². The second-order valence-electron chi connectivity index (χ2n) is 5.48. The summed E-state index contributed by atoms with van der Waals surface area (Å²) in [4.78, 5) is 4.50. The average Bonchev–Trinajstić information content (AvgIpc) is 3.09. The Hall–Kier alpha value is -2.23. The summed E-state index contributed by atoms with van der Waals surface area (Å²) in [5, 5.41) is 4.29. The summed E-state index contributed by atoms with van der Waals surface area (Å²) in [7, 11) is 0. The summed E-state index contributed by atoms with van der Waals surface area (Å²) < 4.78 is 2.09. The van der Waals surface area contributed by atoms with Gasteiger partial charge in [-0.15, -0.1) is 0 Å². The Labute approximate surface area is 150 Å². The smallest absolute Gasteiger partial charge is 0.172 e. The Morgan fingerprint density at radius 3 is 2.58 bits per heavy atom. The number of halogens is 1. The largest absolute Gasteiger partial charge is 0.295 e. The molecule has 3 aromatic carbocycles. The zero-order chi connectivity index (χ0) is 16.4. The van der Waals surface area contributed by atoms with Crippen molar-refractivity contribution in [1.82, 2.24) is 9.55 Å². The van der Waals surface area contributed by atoms with Gasteiger partial charge < -0.3 is 0 Å². The van der Waals surface area contributed by atoms with Crippen LogP contribution >= 0.6 is 23.4 Å². The first-order chi connectivity index (χ1) is 11.8. The molecule has 0 radical (unpaired) electrons. The maximum Gasteiger partial charge on any atom is 0.172 e. The summed E-state index contributed by atoms with van der Waals surface area (Å²) >= 11 is 7.72. The maximum absolute atomic E-state index is 5.98. The van der Waals surface area contributed by atoms with Gasteiger partial charge in [-0.3, -0.25) is 4.57 Å². The topological polar surface area (TPSA) is 17.8 Å². The minimum atomic E-state index is 0.740. The lowest BCUT2D eigenvalue weighted by Gasteiger charge is -2.09. The molecule has 0 aliphatic heterocycles. The molecule has 118 valence electrons. The Morgan fingerprint density at radius 1 is 0.917 bits per heavy atom. The molecule has 0 bridgehead atoms. The molecule has 0 spiro atoms. The van der Waals surface area contributed by atoms with Crippen molar-refractivity contribution in [2.45, 2.75) is 10.9 Å². The fourth-order valence-corrected chi connectivity index (χ4v) is 3.86. The number of rotatable bonds is 4. The van der Waals surface area contributed by atoms with Crippen molar-refractivity contribution in [1.29, 1.82) is 0 Å². The quantitative estimate of drug-likeness (QED) is 0.422. The van der Waals surface area contributed by atoms with Crippen LogP contribution in [0.5, 0.6) is 0 Å². The number of hydrogen-bond donors (Lipinski definition) is 0. The van der Waals surface area contributed by atoms with Crippen molar-refractivity contribution in [3.63, 3.8) is 0 Å². The SMILES string of the molecule is Clc1ccc(-n2ccnc2SCc2cccc3ccccc23)cc1. The summed E-state index contributed by atoms with van der Waals surface area (Å²) in [6.07, 6.45) is 3.81. The van der Waals surface area contributed by atoms with Crippen LogP contribution in [0.2, 0.25) is 5.02 Å². The number of hydrogen-bond acceptors (Lipinski definition) is 2. The Morgan fingerprint density at radius 2 is 1.71 bits per heavy atom. The monoisotopic (exact) mass is 350 g/mol. The fraction of sp³-hybridized carbons (Fsp3) is 0.0500. The molecule has 4 aromatic rings. The highest BCUT2D eigenvalue weighted by atomic mass is 35.5. The fourth-order valence-electron chi connectivity index (χ4n) is 2.76. The van der Waals surface area contributed by atoms with Crippen LogP contribution < -0.4 is 0 Å². The van der Waals surface area contributed by atoms with E-state index < -0.39 is 0 Å². The third-order valence-corrected chi connectivity index (χ3v) is 5.22. The van der Waals surface area contributed by atoms with Gasteiger partial charge in [-0.25, -0.2) is 4.98 Å². The van der Waals surface area contributed by atoms with Gasteiger partial charge in [0.25, 0.3) is 0 Å². The van der Waals surface area contributed by atoms with E-state index in [1.165, 1.54) is 16.3 Å². The van der Waals surface area contributed by atoms with E-state index in [0.29, 0.717) is 0 Å². The number of nitrogens with zero attached hydrogens (tertiary/aromatic N) is 2. The number of thioether (sulfide) groups is 1. The van der Waals surface area contributed by atoms with Gasteiger partial charge in [-0.05, 0) is 40.6 Å². The molecule has 2 nitrogen and oxygen atoms in total. The van der Waals surface area contributed by atoms with E-state index in [1.54, 1.807) is 11.8 Å². The van der Waals surface area contributed by atoms with E-state index in [1.807, 2.05) is 36.7 Å². The molecule has 0 N–H and O–H groups in total. The standard InChI is InChI=1S/C20H15ClN2S/c21-17-8-10-18(11-9-17)23-13-12-22-20(23)24-14-16-6-3-5-15-4-1-2-7-19(15)16/h1-13H,14H2. The van der Waals surface area contributed by atoms with Crippen molar-refractivity contribution >= 4 is 34.1 Å². The first-order valence-electron chi connectivity index (χ1n) is 7.70. The third kappa shape index (κ3) is 3.05. The number of benzene rings is 3. The third-order valence-electron chi connectivity index (χ3n) is 3.95. The molecule has 0 fully saturated rings. The van der Waals surface area contributed by atoms with Crippen molar-refractivity contribution in [3.05, 3.63) is 89.7 Å². The molecule has 1 aromatic heterocycles. The van der Waals surface area contributed by atoms with Crippen molar-refractivity contribution in [2.75, 3.05) is 0 Å². The van der Waals surface area contributed by atoms with E-state index in [2.05, 4.69) is 52.0 Å². The maximum atomic E-state index is 5.98. The minimum Gasteiger partial charge on any atom is -0.295 e. The van der Waals surface area contributed by atoms with Gasteiger partial charge in [0, 0.05) is 28.9 Å². The van der Waals surface area contributed by atoms with Crippen molar-refractivity contribution in [2.24, 2.45) is 0 Å². The van der Waals surface area contributed by atoms with Gasteiger partial charge >= 0.3 is 0 Å². The molecular formula is C20H15ClN2S. The van der Waals surface area contributed by atoms with Crippen LogP contribution in [0, 0.1) is 0 Å². The van der Waals surface area contributed by atoms with E-state index in [4.69, 9.17) is 11.6 Å². The Balaban J connectivity index is 1.61. The summed E-state index contributed by atoms with van der Waals surface area (Å²) in [5.74, 6) is 0.881. The first-order valence-corrected chi connectivity index (χ1v) is 9.06. The lowest BCUT2D eigenvalue weighted by molar-refractivity contribution is 0.895. The normalized spacial score (nSPS) is 11.0. The molecule has 4 rings (SSSR count). The molecule has 0 aliphatic rings. The molecule has 1 heterocycles. The van der Waals surface area contributed by atoms with Crippen LogP contribution in [0.25, 0.3) is 16.5 Å². The van der Waals surface area contributed by atoms with Crippen LogP contribution in [0.15, 0.2) is 84.3 Å². The number of fused-ring (bicyclic) bond motifs is 1. The Kier molecular flexibility index (Phi) is 4.28. The molecule has 4 heteroatoms.